The molecule has 0 heterocycles. The Hall–Kier alpha value is -0.310. The van der Waals surface area contributed by atoms with Crippen LogP contribution >= 0.6 is 12.4 Å². The first-order valence-corrected chi connectivity index (χ1v) is 2.07. The molecule has 0 aromatic carbocycles. The molecule has 1 N–H and O–H groups in total. The van der Waals surface area contributed by atoms with Gasteiger partial charge in [-0.25, -0.2) is 9.18 Å². The summed E-state index contributed by atoms with van der Waals surface area (Å²) in [7, 11) is 0. The van der Waals surface area contributed by atoms with Gasteiger partial charge in [-0.1, -0.05) is 0 Å². The van der Waals surface area contributed by atoms with E-state index in [4.69, 9.17) is 5.11 Å². The Balaban J connectivity index is 0.000000490. The van der Waals surface area contributed by atoms with Gasteiger partial charge in [-0.05, 0) is 12.8 Å². The monoisotopic (exact) mass is 140 g/mol. The SMILES string of the molecule is Cl.O=C(O)C1(F)CC1. The number of halogens is 2. The third-order valence-electron chi connectivity index (χ3n) is 1.07. The van der Waals surface area contributed by atoms with E-state index in [0.29, 0.717) is 0 Å². The molecule has 1 aliphatic carbocycles. The molecule has 0 amide bonds. The molecule has 48 valence electrons. The molecule has 1 aliphatic rings. The molecular weight excluding hydrogens is 134 g/mol. The van der Waals surface area contributed by atoms with Crippen molar-refractivity contribution in [2.24, 2.45) is 0 Å². The van der Waals surface area contributed by atoms with Crippen LogP contribution in [-0.2, 0) is 4.79 Å². The Labute approximate surface area is 52.1 Å². The third-order valence-corrected chi connectivity index (χ3v) is 1.07. The molecule has 1 fully saturated rings. The van der Waals surface area contributed by atoms with Crippen LogP contribution in [-0.4, -0.2) is 16.7 Å². The van der Waals surface area contributed by atoms with E-state index in [2.05, 4.69) is 0 Å². The number of aliphatic carboxylic acids is 1. The average molecular weight is 141 g/mol. The molecule has 0 atom stereocenters. The van der Waals surface area contributed by atoms with Crippen LogP contribution in [0.5, 0.6) is 0 Å². The second-order valence-electron chi connectivity index (χ2n) is 1.77. The second kappa shape index (κ2) is 1.90. The van der Waals surface area contributed by atoms with Gasteiger partial charge in [0.05, 0.1) is 0 Å². The highest BCUT2D eigenvalue weighted by Crippen LogP contribution is 2.39. The maximum Gasteiger partial charge on any atom is 0.341 e. The van der Waals surface area contributed by atoms with E-state index < -0.39 is 11.6 Å². The number of carbonyl (C=O) groups is 1. The number of rotatable bonds is 1. The van der Waals surface area contributed by atoms with E-state index in [0.717, 1.165) is 0 Å². The van der Waals surface area contributed by atoms with Gasteiger partial charge in [-0.15, -0.1) is 12.4 Å². The molecule has 0 unspecified atom stereocenters. The average Bonchev–Trinajstić information content (AvgIpc) is 2.21. The summed E-state index contributed by atoms with van der Waals surface area (Å²) in [5, 5.41) is 7.94. The molecule has 2 nitrogen and oxygen atoms in total. The number of hydrogen-bond acceptors (Lipinski definition) is 1. The molecule has 0 aliphatic heterocycles. The van der Waals surface area contributed by atoms with E-state index in [1.165, 1.54) is 0 Å². The van der Waals surface area contributed by atoms with Crippen LogP contribution in [0.2, 0.25) is 0 Å². The highest BCUT2D eigenvalue weighted by atomic mass is 35.5. The topological polar surface area (TPSA) is 37.3 Å². The van der Waals surface area contributed by atoms with Crippen LogP contribution in [0.15, 0.2) is 0 Å². The van der Waals surface area contributed by atoms with Gasteiger partial charge in [-0.2, -0.15) is 0 Å². The van der Waals surface area contributed by atoms with E-state index >= 15 is 0 Å². The Bertz CT molecular complexity index is 111. The summed E-state index contributed by atoms with van der Waals surface area (Å²) in [6.45, 7) is 0. The second-order valence-corrected chi connectivity index (χ2v) is 1.77. The fourth-order valence-electron chi connectivity index (χ4n) is 0.324. The molecular formula is C4H6ClFO2. The van der Waals surface area contributed by atoms with Gasteiger partial charge in [-0.3, -0.25) is 0 Å². The number of alkyl halides is 1. The summed E-state index contributed by atoms with van der Waals surface area (Å²) in [6.07, 6.45) is 0.394. The van der Waals surface area contributed by atoms with Crippen LogP contribution in [0.1, 0.15) is 12.8 Å². The largest absolute Gasteiger partial charge is 0.479 e. The van der Waals surface area contributed by atoms with Crippen molar-refractivity contribution < 1.29 is 14.3 Å². The normalized spacial score (nSPS) is 21.1. The third kappa shape index (κ3) is 1.10. The summed E-state index contributed by atoms with van der Waals surface area (Å²) in [6, 6.07) is 0. The minimum atomic E-state index is -1.83. The van der Waals surface area contributed by atoms with Crippen molar-refractivity contribution >= 4 is 18.4 Å². The van der Waals surface area contributed by atoms with Crippen molar-refractivity contribution in [3.63, 3.8) is 0 Å². The van der Waals surface area contributed by atoms with Crippen LogP contribution in [0.4, 0.5) is 4.39 Å². The number of carboxylic acid groups (broad SMARTS) is 1. The van der Waals surface area contributed by atoms with Crippen LogP contribution < -0.4 is 0 Å². The molecule has 0 radical (unpaired) electrons. The van der Waals surface area contributed by atoms with E-state index in [-0.39, 0.29) is 25.2 Å². The van der Waals surface area contributed by atoms with Crippen LogP contribution in [0.25, 0.3) is 0 Å². The van der Waals surface area contributed by atoms with Crippen molar-refractivity contribution in [2.45, 2.75) is 18.5 Å². The first kappa shape index (κ1) is 7.69. The molecule has 1 rings (SSSR count). The van der Waals surface area contributed by atoms with Gasteiger partial charge >= 0.3 is 5.97 Å². The predicted molar refractivity (Wildman–Crippen MR) is 28.0 cm³/mol. The predicted octanol–water partition coefficient (Wildman–Crippen LogP) is 0.995. The zero-order valence-corrected chi connectivity index (χ0v) is 4.87. The van der Waals surface area contributed by atoms with Crippen molar-refractivity contribution in [1.29, 1.82) is 0 Å². The molecule has 8 heavy (non-hydrogen) atoms. The maximum absolute atomic E-state index is 12.0. The lowest BCUT2D eigenvalue weighted by Gasteiger charge is -1.90. The lowest BCUT2D eigenvalue weighted by atomic mass is 10.4. The summed E-state index contributed by atoms with van der Waals surface area (Å²) in [5.74, 6) is -1.31. The zero-order chi connectivity index (χ0) is 5.49. The smallest absolute Gasteiger partial charge is 0.341 e. The fourth-order valence-corrected chi connectivity index (χ4v) is 0.324. The quantitative estimate of drug-likeness (QED) is 0.590. The maximum atomic E-state index is 12.0. The van der Waals surface area contributed by atoms with Crippen molar-refractivity contribution in [1.82, 2.24) is 0 Å². The highest BCUT2D eigenvalue weighted by Gasteiger charge is 2.51. The number of hydrogen-bond donors (Lipinski definition) is 1. The lowest BCUT2D eigenvalue weighted by Crippen LogP contribution is -2.14. The van der Waals surface area contributed by atoms with Gasteiger partial charge in [0, 0.05) is 0 Å². The Morgan fingerprint density at radius 3 is 2.00 bits per heavy atom. The van der Waals surface area contributed by atoms with Crippen LogP contribution in [0.3, 0.4) is 0 Å². The van der Waals surface area contributed by atoms with E-state index in [1.807, 2.05) is 0 Å². The molecule has 0 spiro atoms. The van der Waals surface area contributed by atoms with Crippen molar-refractivity contribution in [3.8, 4) is 0 Å². The molecule has 0 aromatic rings. The summed E-state index contributed by atoms with van der Waals surface area (Å²) < 4.78 is 12.0. The van der Waals surface area contributed by atoms with E-state index in [9.17, 15) is 9.18 Å². The standard InChI is InChI=1S/C4H5FO2.ClH/c5-4(1-2-4)3(6)7;/h1-2H2,(H,6,7);1H. The summed E-state index contributed by atoms with van der Waals surface area (Å²) in [5.41, 5.74) is -1.83. The van der Waals surface area contributed by atoms with Gasteiger partial charge in [0.2, 0.25) is 5.67 Å². The molecule has 0 bridgehead atoms. The Kier molecular flexibility index (Phi) is 1.82. The molecule has 4 heteroatoms. The van der Waals surface area contributed by atoms with Gasteiger partial charge < -0.3 is 5.11 Å². The summed E-state index contributed by atoms with van der Waals surface area (Å²) in [4.78, 5) is 9.71. The minimum absolute atomic E-state index is 0. The first-order chi connectivity index (χ1) is 3.15. The highest BCUT2D eigenvalue weighted by molar-refractivity contribution is 5.85. The zero-order valence-electron chi connectivity index (χ0n) is 4.06. The lowest BCUT2D eigenvalue weighted by molar-refractivity contribution is -0.144. The first-order valence-electron chi connectivity index (χ1n) is 2.07. The minimum Gasteiger partial charge on any atom is -0.479 e. The molecule has 1 saturated carbocycles. The Morgan fingerprint density at radius 1 is 1.62 bits per heavy atom. The van der Waals surface area contributed by atoms with Gasteiger partial charge in [0.1, 0.15) is 0 Å². The van der Waals surface area contributed by atoms with Gasteiger partial charge in [0.15, 0.2) is 0 Å². The van der Waals surface area contributed by atoms with Crippen molar-refractivity contribution in [2.75, 3.05) is 0 Å². The molecule has 0 saturated heterocycles. The Morgan fingerprint density at radius 2 is 2.00 bits per heavy atom. The number of carboxylic acids is 1. The van der Waals surface area contributed by atoms with E-state index in [1.54, 1.807) is 0 Å². The fraction of sp³-hybridized carbons (Fsp3) is 0.750. The van der Waals surface area contributed by atoms with Crippen LogP contribution in [0, 0.1) is 0 Å². The van der Waals surface area contributed by atoms with Gasteiger partial charge in [0.25, 0.3) is 0 Å². The summed E-state index contributed by atoms with van der Waals surface area (Å²) >= 11 is 0. The molecule has 0 aromatic heterocycles. The van der Waals surface area contributed by atoms with Crippen molar-refractivity contribution in [3.05, 3.63) is 0 Å².